The Kier molecular flexibility index (Phi) is 8.01. The van der Waals surface area contributed by atoms with Crippen molar-refractivity contribution in [3.05, 3.63) is 41.1 Å². The topological polar surface area (TPSA) is 64.1 Å². The summed E-state index contributed by atoms with van der Waals surface area (Å²) in [5.41, 5.74) is 0.988. The number of para-hydroxylation sites is 1. The maximum atomic E-state index is 13.8. The van der Waals surface area contributed by atoms with Gasteiger partial charge in [-0.25, -0.2) is 4.98 Å². The maximum absolute atomic E-state index is 13.8. The number of carbonyl (C=O) groups is 1. The quantitative estimate of drug-likeness (QED) is 0.554. The third kappa shape index (κ3) is 5.40. The molecule has 0 spiro atoms. The second-order valence-electron chi connectivity index (χ2n) is 8.95. The SMILES string of the molecule is COC1=CC(C(=O)N(CCC2CCCN2C)Cc2nc3ccccc3s2)C[C@H](OC)C1OC. The molecule has 8 heteroatoms. The molecule has 1 aromatic carbocycles. The lowest BCUT2D eigenvalue weighted by atomic mass is 9.89. The smallest absolute Gasteiger partial charge is 0.230 e. The number of ether oxygens (including phenoxy) is 3. The van der Waals surface area contributed by atoms with Crippen LogP contribution in [0.1, 0.15) is 30.7 Å². The molecule has 3 unspecified atom stereocenters. The van der Waals surface area contributed by atoms with Crippen LogP contribution >= 0.6 is 11.3 Å². The standard InChI is InChI=1S/C25H35N3O4S/c1-27-12-7-8-18(27)11-13-28(16-23-26-19-9-5-6-10-22(19)33-23)25(29)17-14-20(30-2)24(32-4)21(15-17)31-3/h5-6,9-10,14,17-18,21,24H,7-8,11-13,15-16H2,1-4H3/t17?,18?,21-,24?/m0/s1. The van der Waals surface area contributed by atoms with Crippen molar-refractivity contribution in [1.29, 1.82) is 0 Å². The Morgan fingerprint density at radius 2 is 2.06 bits per heavy atom. The molecule has 1 amide bonds. The van der Waals surface area contributed by atoms with Crippen LogP contribution < -0.4 is 0 Å². The van der Waals surface area contributed by atoms with Gasteiger partial charge >= 0.3 is 0 Å². The second-order valence-corrected chi connectivity index (χ2v) is 10.1. The van der Waals surface area contributed by atoms with E-state index in [0.717, 1.165) is 28.2 Å². The Balaban J connectivity index is 1.56. The van der Waals surface area contributed by atoms with E-state index in [4.69, 9.17) is 19.2 Å². The first kappa shape index (κ1) is 24.1. The van der Waals surface area contributed by atoms with E-state index < -0.39 is 0 Å². The molecule has 33 heavy (non-hydrogen) atoms. The minimum atomic E-state index is -0.313. The third-order valence-electron chi connectivity index (χ3n) is 6.96. The van der Waals surface area contributed by atoms with Crippen molar-refractivity contribution < 1.29 is 19.0 Å². The highest BCUT2D eigenvalue weighted by molar-refractivity contribution is 7.18. The summed E-state index contributed by atoms with van der Waals surface area (Å²) < 4.78 is 18.0. The van der Waals surface area contributed by atoms with E-state index in [1.54, 1.807) is 32.7 Å². The van der Waals surface area contributed by atoms with Crippen LogP contribution in [0.3, 0.4) is 0 Å². The molecular weight excluding hydrogens is 438 g/mol. The fourth-order valence-corrected chi connectivity index (χ4v) is 6.05. The normalized spacial score (nSPS) is 25.9. The zero-order valence-electron chi connectivity index (χ0n) is 20.0. The minimum Gasteiger partial charge on any atom is -0.499 e. The molecule has 0 N–H and O–H groups in total. The molecule has 7 nitrogen and oxygen atoms in total. The van der Waals surface area contributed by atoms with Crippen molar-refractivity contribution in [3.8, 4) is 0 Å². The fraction of sp³-hybridized carbons (Fsp3) is 0.600. The summed E-state index contributed by atoms with van der Waals surface area (Å²) in [6, 6.07) is 8.66. The maximum Gasteiger partial charge on any atom is 0.230 e. The lowest BCUT2D eigenvalue weighted by Crippen LogP contribution is -2.44. The van der Waals surface area contributed by atoms with Gasteiger partial charge in [-0.3, -0.25) is 4.79 Å². The first-order valence-electron chi connectivity index (χ1n) is 11.7. The van der Waals surface area contributed by atoms with Crippen molar-refractivity contribution in [3.63, 3.8) is 0 Å². The van der Waals surface area contributed by atoms with Crippen LogP contribution in [0.15, 0.2) is 36.1 Å². The lowest BCUT2D eigenvalue weighted by molar-refractivity contribution is -0.138. The highest BCUT2D eigenvalue weighted by Crippen LogP contribution is 2.31. The summed E-state index contributed by atoms with van der Waals surface area (Å²) >= 11 is 1.66. The average molecular weight is 474 g/mol. The highest BCUT2D eigenvalue weighted by atomic mass is 32.1. The van der Waals surface area contributed by atoms with E-state index in [9.17, 15) is 4.79 Å². The van der Waals surface area contributed by atoms with Gasteiger partial charge in [0.2, 0.25) is 5.91 Å². The Bertz CT molecular complexity index is 944. The molecule has 2 heterocycles. The number of benzene rings is 1. The Hall–Kier alpha value is -2.00. The number of carbonyl (C=O) groups excluding carboxylic acids is 1. The molecule has 4 rings (SSSR count). The molecule has 2 aromatic rings. The molecule has 2 aliphatic rings. The molecular formula is C25H35N3O4S. The molecule has 4 atom stereocenters. The first-order valence-corrected chi connectivity index (χ1v) is 12.5. The molecule has 0 bridgehead atoms. The van der Waals surface area contributed by atoms with E-state index in [0.29, 0.717) is 31.3 Å². The van der Waals surface area contributed by atoms with E-state index in [1.165, 1.54) is 12.8 Å². The Morgan fingerprint density at radius 3 is 2.73 bits per heavy atom. The molecule has 1 saturated heterocycles. The highest BCUT2D eigenvalue weighted by Gasteiger charge is 2.38. The zero-order valence-corrected chi connectivity index (χ0v) is 20.8. The van der Waals surface area contributed by atoms with Gasteiger partial charge in [0.05, 0.1) is 35.9 Å². The van der Waals surface area contributed by atoms with Gasteiger partial charge in [0.15, 0.2) is 0 Å². The minimum absolute atomic E-state index is 0.0982. The molecule has 0 saturated carbocycles. The van der Waals surface area contributed by atoms with Gasteiger partial charge in [-0.1, -0.05) is 12.1 Å². The number of hydrogen-bond acceptors (Lipinski definition) is 7. The van der Waals surface area contributed by atoms with Gasteiger partial charge in [-0.15, -0.1) is 11.3 Å². The van der Waals surface area contributed by atoms with E-state index >= 15 is 0 Å². The number of thiazole rings is 1. The average Bonchev–Trinajstić information content (AvgIpc) is 3.45. The molecule has 0 radical (unpaired) electrons. The number of hydrogen-bond donors (Lipinski definition) is 0. The molecule has 1 aromatic heterocycles. The van der Waals surface area contributed by atoms with Crippen LogP contribution in [-0.2, 0) is 25.5 Å². The van der Waals surface area contributed by atoms with Gasteiger partial charge in [-0.2, -0.15) is 0 Å². The number of fused-ring (bicyclic) bond motifs is 1. The summed E-state index contributed by atoms with van der Waals surface area (Å²) in [5.74, 6) is 0.442. The van der Waals surface area contributed by atoms with Crippen molar-refractivity contribution in [2.75, 3.05) is 41.5 Å². The van der Waals surface area contributed by atoms with Crippen molar-refractivity contribution in [2.24, 2.45) is 5.92 Å². The lowest BCUT2D eigenvalue weighted by Gasteiger charge is -2.35. The molecule has 1 aliphatic carbocycles. The number of methoxy groups -OCH3 is 3. The van der Waals surface area contributed by atoms with E-state index in [2.05, 4.69) is 18.0 Å². The Labute approximate surface area is 200 Å². The molecule has 1 fully saturated rings. The van der Waals surface area contributed by atoms with Crippen molar-refractivity contribution >= 4 is 27.5 Å². The zero-order chi connectivity index (χ0) is 23.4. The molecule has 180 valence electrons. The summed E-state index contributed by atoms with van der Waals surface area (Å²) in [7, 11) is 7.10. The van der Waals surface area contributed by atoms with Gasteiger partial charge in [0, 0.05) is 26.8 Å². The van der Waals surface area contributed by atoms with Crippen LogP contribution in [0.4, 0.5) is 0 Å². The fourth-order valence-electron chi connectivity index (χ4n) is 5.06. The van der Waals surface area contributed by atoms with Gasteiger partial charge < -0.3 is 24.0 Å². The third-order valence-corrected chi connectivity index (χ3v) is 7.98. The largest absolute Gasteiger partial charge is 0.499 e. The molecule has 1 aliphatic heterocycles. The second kappa shape index (κ2) is 11.0. The predicted molar refractivity (Wildman–Crippen MR) is 130 cm³/mol. The number of aromatic nitrogens is 1. The van der Waals surface area contributed by atoms with Crippen LogP contribution in [0.5, 0.6) is 0 Å². The van der Waals surface area contributed by atoms with Crippen molar-refractivity contribution in [2.45, 2.75) is 50.5 Å². The van der Waals surface area contributed by atoms with E-state index in [-0.39, 0.29) is 24.0 Å². The van der Waals surface area contributed by atoms with Crippen LogP contribution in [0.2, 0.25) is 0 Å². The van der Waals surface area contributed by atoms with Crippen LogP contribution in [0.25, 0.3) is 10.2 Å². The van der Waals surface area contributed by atoms with Gasteiger partial charge in [0.25, 0.3) is 0 Å². The summed E-state index contributed by atoms with van der Waals surface area (Å²) in [4.78, 5) is 23.0. The van der Waals surface area contributed by atoms with E-state index in [1.807, 2.05) is 29.2 Å². The number of amides is 1. The van der Waals surface area contributed by atoms with Crippen LogP contribution in [0, 0.1) is 5.92 Å². The van der Waals surface area contributed by atoms with Crippen molar-refractivity contribution in [1.82, 2.24) is 14.8 Å². The first-order chi connectivity index (χ1) is 16.0. The Morgan fingerprint density at radius 1 is 1.24 bits per heavy atom. The number of likely N-dealkylation sites (tertiary alicyclic amines) is 1. The van der Waals surface area contributed by atoms with Gasteiger partial charge in [0.1, 0.15) is 16.9 Å². The summed E-state index contributed by atoms with van der Waals surface area (Å²) in [6.07, 6.45) is 5.35. The number of rotatable bonds is 9. The number of nitrogens with zero attached hydrogens (tertiary/aromatic N) is 3. The summed E-state index contributed by atoms with van der Waals surface area (Å²) in [5, 5.41) is 0.967. The van der Waals surface area contributed by atoms with Gasteiger partial charge in [-0.05, 0) is 57.5 Å². The monoisotopic (exact) mass is 473 g/mol. The predicted octanol–water partition coefficient (Wildman–Crippen LogP) is 3.69. The summed E-state index contributed by atoms with van der Waals surface area (Å²) in [6.45, 7) is 2.36. The van der Waals surface area contributed by atoms with Crippen LogP contribution in [-0.4, -0.2) is 80.4 Å².